The molecule has 142 valence electrons. The average molecular weight is 370 g/mol. The smallest absolute Gasteiger partial charge is 0.228 e. The molecule has 2 N–H and O–H groups in total. The van der Waals surface area contributed by atoms with Crippen LogP contribution in [0, 0.1) is 11.7 Å². The minimum atomic E-state index is -0.395. The molecule has 1 saturated heterocycles. The van der Waals surface area contributed by atoms with Gasteiger partial charge in [0, 0.05) is 12.3 Å². The van der Waals surface area contributed by atoms with Crippen LogP contribution < -0.4 is 10.6 Å². The van der Waals surface area contributed by atoms with Crippen LogP contribution in [0.1, 0.15) is 30.5 Å². The molecular weight excluding hydrogens is 347 g/mol. The second-order valence-electron chi connectivity index (χ2n) is 6.73. The van der Waals surface area contributed by atoms with Gasteiger partial charge in [-0.3, -0.25) is 9.59 Å². The first-order chi connectivity index (χ1) is 13.0. The maximum Gasteiger partial charge on any atom is 0.228 e. The summed E-state index contributed by atoms with van der Waals surface area (Å²) in [5, 5.41) is 5.77. The van der Waals surface area contributed by atoms with Crippen molar-refractivity contribution in [3.05, 3.63) is 65.5 Å². The van der Waals surface area contributed by atoms with Crippen molar-refractivity contribution in [1.29, 1.82) is 0 Å². The Morgan fingerprint density at radius 1 is 1.22 bits per heavy atom. The number of nitrogens with one attached hydrogen (secondary N) is 2. The van der Waals surface area contributed by atoms with Crippen LogP contribution in [0.25, 0.3) is 0 Å². The van der Waals surface area contributed by atoms with Crippen molar-refractivity contribution in [2.24, 2.45) is 5.92 Å². The van der Waals surface area contributed by atoms with Gasteiger partial charge in [0.1, 0.15) is 5.82 Å². The van der Waals surface area contributed by atoms with Crippen LogP contribution in [0.3, 0.4) is 0 Å². The minimum absolute atomic E-state index is 0.0195. The summed E-state index contributed by atoms with van der Waals surface area (Å²) in [6.45, 7) is 2.98. The van der Waals surface area contributed by atoms with Crippen molar-refractivity contribution in [1.82, 2.24) is 5.32 Å². The lowest BCUT2D eigenvalue weighted by Gasteiger charge is -2.17. The van der Waals surface area contributed by atoms with E-state index in [0.717, 1.165) is 12.0 Å². The van der Waals surface area contributed by atoms with E-state index in [-0.39, 0.29) is 30.2 Å². The zero-order valence-corrected chi connectivity index (χ0v) is 15.2. The zero-order valence-electron chi connectivity index (χ0n) is 15.2. The van der Waals surface area contributed by atoms with Gasteiger partial charge in [-0.05, 0) is 42.7 Å². The molecule has 2 amide bonds. The van der Waals surface area contributed by atoms with Gasteiger partial charge in [0.2, 0.25) is 11.8 Å². The maximum atomic E-state index is 13.7. The molecule has 6 heteroatoms. The Hall–Kier alpha value is -2.73. The number of benzene rings is 2. The summed E-state index contributed by atoms with van der Waals surface area (Å²) < 4.78 is 18.9. The van der Waals surface area contributed by atoms with Crippen LogP contribution in [0.2, 0.25) is 0 Å². The number of anilines is 1. The van der Waals surface area contributed by atoms with Crippen molar-refractivity contribution < 1.29 is 18.7 Å². The highest BCUT2D eigenvalue weighted by Crippen LogP contribution is 2.20. The van der Waals surface area contributed by atoms with E-state index in [9.17, 15) is 14.0 Å². The number of carbonyl (C=O) groups excluding carboxylic acids is 2. The molecule has 2 unspecified atom stereocenters. The molecule has 2 aromatic rings. The van der Waals surface area contributed by atoms with Gasteiger partial charge in [0.05, 0.1) is 25.0 Å². The molecule has 0 aromatic heterocycles. The van der Waals surface area contributed by atoms with Crippen molar-refractivity contribution in [2.75, 3.05) is 18.5 Å². The summed E-state index contributed by atoms with van der Waals surface area (Å²) >= 11 is 0. The molecule has 1 fully saturated rings. The molecule has 2 atom stereocenters. The third-order valence-corrected chi connectivity index (χ3v) is 4.64. The highest BCUT2D eigenvalue weighted by atomic mass is 19.1. The van der Waals surface area contributed by atoms with Crippen molar-refractivity contribution in [3.8, 4) is 0 Å². The Labute approximate surface area is 157 Å². The SMILES string of the molecule is CC(NC(=O)C1CCOC1)c1cccc(NC(=O)Cc2ccccc2F)c1. The summed E-state index contributed by atoms with van der Waals surface area (Å²) in [5.41, 5.74) is 1.84. The van der Waals surface area contributed by atoms with Gasteiger partial charge >= 0.3 is 0 Å². The topological polar surface area (TPSA) is 67.4 Å². The van der Waals surface area contributed by atoms with Crippen LogP contribution in [-0.4, -0.2) is 25.0 Å². The summed E-state index contributed by atoms with van der Waals surface area (Å²) in [5.74, 6) is -0.809. The molecule has 3 rings (SSSR count). The van der Waals surface area contributed by atoms with Crippen LogP contribution in [0.15, 0.2) is 48.5 Å². The first-order valence-electron chi connectivity index (χ1n) is 9.04. The number of rotatable bonds is 6. The summed E-state index contributed by atoms with van der Waals surface area (Å²) in [7, 11) is 0. The number of hydrogen-bond donors (Lipinski definition) is 2. The number of halogens is 1. The monoisotopic (exact) mass is 370 g/mol. The molecular formula is C21H23FN2O3. The van der Waals surface area contributed by atoms with Crippen LogP contribution >= 0.6 is 0 Å². The van der Waals surface area contributed by atoms with E-state index in [4.69, 9.17) is 4.74 Å². The van der Waals surface area contributed by atoms with Gasteiger partial charge in [-0.15, -0.1) is 0 Å². The third-order valence-electron chi connectivity index (χ3n) is 4.64. The molecule has 5 nitrogen and oxygen atoms in total. The molecule has 0 bridgehead atoms. The fraction of sp³-hybridized carbons (Fsp3) is 0.333. The van der Waals surface area contributed by atoms with E-state index in [2.05, 4.69) is 10.6 Å². The molecule has 0 saturated carbocycles. The van der Waals surface area contributed by atoms with Crippen LogP contribution in [0.5, 0.6) is 0 Å². The van der Waals surface area contributed by atoms with Gasteiger partial charge in [-0.2, -0.15) is 0 Å². The summed E-state index contributed by atoms with van der Waals surface area (Å²) in [6, 6.07) is 13.3. The molecule has 0 radical (unpaired) electrons. The lowest BCUT2D eigenvalue weighted by molar-refractivity contribution is -0.125. The number of ether oxygens (including phenoxy) is 1. The van der Waals surface area contributed by atoms with E-state index < -0.39 is 5.82 Å². The highest BCUT2D eigenvalue weighted by molar-refractivity contribution is 5.92. The quantitative estimate of drug-likeness (QED) is 0.820. The normalized spacial score (nSPS) is 17.3. The molecule has 2 aromatic carbocycles. The molecule has 0 aliphatic carbocycles. The van der Waals surface area contributed by atoms with Crippen LogP contribution in [0.4, 0.5) is 10.1 Å². The Balaban J connectivity index is 1.60. The second kappa shape index (κ2) is 8.77. The van der Waals surface area contributed by atoms with Gasteiger partial charge in [-0.25, -0.2) is 4.39 Å². The zero-order chi connectivity index (χ0) is 19.2. The van der Waals surface area contributed by atoms with E-state index in [0.29, 0.717) is 24.5 Å². The number of hydrogen-bond acceptors (Lipinski definition) is 3. The standard InChI is InChI=1S/C21H23FN2O3/c1-14(23-21(26)17-9-10-27-13-17)15-6-4-7-18(11-15)24-20(25)12-16-5-2-3-8-19(16)22/h2-8,11,14,17H,9-10,12-13H2,1H3,(H,23,26)(H,24,25). The number of amides is 2. The largest absolute Gasteiger partial charge is 0.381 e. The minimum Gasteiger partial charge on any atom is -0.381 e. The Morgan fingerprint density at radius 2 is 2.04 bits per heavy atom. The van der Waals surface area contributed by atoms with Gasteiger partial charge < -0.3 is 15.4 Å². The second-order valence-corrected chi connectivity index (χ2v) is 6.73. The van der Waals surface area contributed by atoms with E-state index in [1.807, 2.05) is 25.1 Å². The molecule has 0 spiro atoms. The van der Waals surface area contributed by atoms with Crippen molar-refractivity contribution in [2.45, 2.75) is 25.8 Å². The van der Waals surface area contributed by atoms with Gasteiger partial charge in [-0.1, -0.05) is 30.3 Å². The van der Waals surface area contributed by atoms with E-state index in [1.165, 1.54) is 6.07 Å². The van der Waals surface area contributed by atoms with E-state index >= 15 is 0 Å². The Bertz CT molecular complexity index is 819. The molecule has 1 heterocycles. The Morgan fingerprint density at radius 3 is 2.78 bits per heavy atom. The van der Waals surface area contributed by atoms with Gasteiger partial charge in [0.25, 0.3) is 0 Å². The Kier molecular flexibility index (Phi) is 6.19. The third kappa shape index (κ3) is 5.14. The van der Waals surface area contributed by atoms with Crippen molar-refractivity contribution in [3.63, 3.8) is 0 Å². The molecule has 27 heavy (non-hydrogen) atoms. The maximum absolute atomic E-state index is 13.7. The predicted molar refractivity (Wildman–Crippen MR) is 101 cm³/mol. The lowest BCUT2D eigenvalue weighted by Crippen LogP contribution is -2.33. The predicted octanol–water partition coefficient (Wildman–Crippen LogP) is 3.22. The van der Waals surface area contributed by atoms with E-state index in [1.54, 1.807) is 24.3 Å². The first-order valence-corrected chi connectivity index (χ1v) is 9.04. The molecule has 1 aliphatic heterocycles. The summed E-state index contributed by atoms with van der Waals surface area (Å²) in [6.07, 6.45) is 0.704. The van der Waals surface area contributed by atoms with Crippen molar-refractivity contribution >= 4 is 17.5 Å². The summed E-state index contributed by atoms with van der Waals surface area (Å²) in [4.78, 5) is 24.4. The fourth-order valence-corrected chi connectivity index (χ4v) is 3.06. The lowest BCUT2D eigenvalue weighted by atomic mass is 10.0. The molecule has 1 aliphatic rings. The fourth-order valence-electron chi connectivity index (χ4n) is 3.06. The average Bonchev–Trinajstić information content (AvgIpc) is 3.18. The highest BCUT2D eigenvalue weighted by Gasteiger charge is 2.24. The number of carbonyl (C=O) groups is 2. The van der Waals surface area contributed by atoms with Gasteiger partial charge in [0.15, 0.2) is 0 Å². The first kappa shape index (κ1) is 19.0. The van der Waals surface area contributed by atoms with Crippen LogP contribution in [-0.2, 0) is 20.7 Å².